The quantitative estimate of drug-likeness (QED) is 0.196. The first-order valence-corrected chi connectivity index (χ1v) is 12.1. The number of thioether (sulfide) groups is 1. The number of benzene rings is 3. The fourth-order valence-corrected chi connectivity index (χ4v) is 4.24. The van der Waals surface area contributed by atoms with Crippen LogP contribution in [0, 0.1) is 6.92 Å². The molecule has 0 unspecified atom stereocenters. The Bertz CT molecular complexity index is 1230. The minimum atomic E-state index is 0.433. The number of ether oxygens (including phenoxy) is 2. The molecule has 3 aromatic carbocycles. The summed E-state index contributed by atoms with van der Waals surface area (Å²) < 4.78 is 14.5. The van der Waals surface area contributed by atoms with E-state index in [0.717, 1.165) is 26.5 Å². The van der Waals surface area contributed by atoms with Gasteiger partial charge in [-0.3, -0.25) is 0 Å². The van der Waals surface area contributed by atoms with Gasteiger partial charge in [-0.1, -0.05) is 76.2 Å². The lowest BCUT2D eigenvalue weighted by Gasteiger charge is -2.13. The number of para-hydroxylation sites is 1. The van der Waals surface area contributed by atoms with Crippen molar-refractivity contribution in [3.05, 3.63) is 99.8 Å². The molecule has 0 spiro atoms. The van der Waals surface area contributed by atoms with Crippen LogP contribution in [0.25, 0.3) is 0 Å². The highest BCUT2D eigenvalue weighted by atomic mass is 79.9. The SMILES string of the molecule is COc1cccc(/C=N/n2c(C)nnc2SCc2ccc(Br)cc2)c1OCc1ccccc1. The van der Waals surface area contributed by atoms with E-state index in [-0.39, 0.29) is 0 Å². The minimum absolute atomic E-state index is 0.433. The van der Waals surface area contributed by atoms with Gasteiger partial charge in [-0.2, -0.15) is 9.78 Å². The van der Waals surface area contributed by atoms with Gasteiger partial charge in [0, 0.05) is 15.8 Å². The molecular weight excluding hydrogens is 500 g/mol. The molecule has 0 radical (unpaired) electrons. The van der Waals surface area contributed by atoms with Crippen molar-refractivity contribution in [1.82, 2.24) is 14.9 Å². The molecule has 0 aliphatic rings. The number of nitrogens with zero attached hydrogens (tertiary/aromatic N) is 4. The third-order valence-corrected chi connectivity index (χ3v) is 6.34. The van der Waals surface area contributed by atoms with Crippen LogP contribution in [0.5, 0.6) is 11.5 Å². The smallest absolute Gasteiger partial charge is 0.212 e. The highest BCUT2D eigenvalue weighted by Crippen LogP contribution is 2.31. The Hall–Kier alpha value is -3.10. The van der Waals surface area contributed by atoms with Crippen molar-refractivity contribution >= 4 is 33.9 Å². The van der Waals surface area contributed by atoms with Crippen molar-refractivity contribution in [2.24, 2.45) is 5.10 Å². The Morgan fingerprint density at radius 3 is 2.52 bits per heavy atom. The maximum atomic E-state index is 6.12. The topological polar surface area (TPSA) is 61.5 Å². The van der Waals surface area contributed by atoms with E-state index in [4.69, 9.17) is 9.47 Å². The summed E-state index contributed by atoms with van der Waals surface area (Å²) >= 11 is 5.05. The lowest BCUT2D eigenvalue weighted by molar-refractivity contribution is 0.284. The molecule has 8 heteroatoms. The molecule has 0 amide bonds. The van der Waals surface area contributed by atoms with Gasteiger partial charge in [-0.05, 0) is 42.3 Å². The molecule has 0 atom stereocenters. The predicted molar refractivity (Wildman–Crippen MR) is 135 cm³/mol. The Morgan fingerprint density at radius 1 is 0.970 bits per heavy atom. The average Bonchev–Trinajstić information content (AvgIpc) is 3.20. The number of rotatable bonds is 9. The van der Waals surface area contributed by atoms with Gasteiger partial charge < -0.3 is 9.47 Å². The van der Waals surface area contributed by atoms with E-state index in [1.165, 1.54) is 5.56 Å². The van der Waals surface area contributed by atoms with Crippen molar-refractivity contribution in [1.29, 1.82) is 0 Å². The Labute approximate surface area is 205 Å². The van der Waals surface area contributed by atoms with E-state index in [9.17, 15) is 0 Å². The van der Waals surface area contributed by atoms with Gasteiger partial charge in [-0.25, -0.2) is 0 Å². The molecule has 33 heavy (non-hydrogen) atoms. The van der Waals surface area contributed by atoms with Crippen LogP contribution in [0.15, 0.2) is 87.5 Å². The number of aryl methyl sites for hydroxylation is 1. The summed E-state index contributed by atoms with van der Waals surface area (Å²) in [4.78, 5) is 0. The maximum Gasteiger partial charge on any atom is 0.212 e. The molecule has 0 saturated carbocycles. The second-order valence-corrected chi connectivity index (χ2v) is 9.01. The molecule has 0 fully saturated rings. The zero-order valence-electron chi connectivity index (χ0n) is 18.3. The molecule has 0 bridgehead atoms. The van der Waals surface area contributed by atoms with Gasteiger partial charge in [0.25, 0.3) is 0 Å². The Kier molecular flexibility index (Phi) is 7.80. The summed E-state index contributed by atoms with van der Waals surface area (Å²) in [5, 5.41) is 13.9. The van der Waals surface area contributed by atoms with E-state index in [2.05, 4.69) is 43.4 Å². The van der Waals surface area contributed by atoms with Crippen molar-refractivity contribution in [2.45, 2.75) is 24.4 Å². The fraction of sp³-hybridized carbons (Fsp3) is 0.160. The zero-order chi connectivity index (χ0) is 23.0. The van der Waals surface area contributed by atoms with Gasteiger partial charge in [0.05, 0.1) is 13.3 Å². The molecule has 1 aromatic heterocycles. The normalized spacial score (nSPS) is 11.1. The number of hydrogen-bond donors (Lipinski definition) is 0. The summed E-state index contributed by atoms with van der Waals surface area (Å²) in [5.41, 5.74) is 3.08. The van der Waals surface area contributed by atoms with Gasteiger partial charge in [-0.15, -0.1) is 10.2 Å². The van der Waals surface area contributed by atoms with Crippen LogP contribution in [0.2, 0.25) is 0 Å². The summed E-state index contributed by atoms with van der Waals surface area (Å²) in [7, 11) is 1.63. The largest absolute Gasteiger partial charge is 0.493 e. The lowest BCUT2D eigenvalue weighted by Crippen LogP contribution is -2.02. The average molecular weight is 523 g/mol. The molecule has 0 aliphatic heterocycles. The first-order valence-electron chi connectivity index (χ1n) is 10.3. The Morgan fingerprint density at radius 2 is 1.76 bits per heavy atom. The van der Waals surface area contributed by atoms with E-state index in [1.54, 1.807) is 29.8 Å². The summed E-state index contributed by atoms with van der Waals surface area (Å²) in [6.45, 7) is 2.31. The van der Waals surface area contributed by atoms with Crippen LogP contribution in [0.4, 0.5) is 0 Å². The summed E-state index contributed by atoms with van der Waals surface area (Å²) in [6.07, 6.45) is 1.75. The number of methoxy groups -OCH3 is 1. The highest BCUT2D eigenvalue weighted by molar-refractivity contribution is 9.10. The van der Waals surface area contributed by atoms with E-state index in [0.29, 0.717) is 23.9 Å². The monoisotopic (exact) mass is 522 g/mol. The van der Waals surface area contributed by atoms with E-state index in [1.807, 2.05) is 67.6 Å². The van der Waals surface area contributed by atoms with Crippen LogP contribution in [0.3, 0.4) is 0 Å². The molecule has 4 aromatic rings. The number of hydrogen-bond acceptors (Lipinski definition) is 6. The molecule has 0 N–H and O–H groups in total. The maximum absolute atomic E-state index is 6.12. The second-order valence-electron chi connectivity index (χ2n) is 7.15. The first-order chi connectivity index (χ1) is 16.1. The number of halogens is 1. The molecular formula is C25H23BrN4O2S. The third-order valence-electron chi connectivity index (χ3n) is 4.82. The molecule has 1 heterocycles. The van der Waals surface area contributed by atoms with E-state index < -0.39 is 0 Å². The van der Waals surface area contributed by atoms with Gasteiger partial charge in [0.1, 0.15) is 6.61 Å². The molecule has 4 rings (SSSR count). The highest BCUT2D eigenvalue weighted by Gasteiger charge is 2.12. The summed E-state index contributed by atoms with van der Waals surface area (Å²) in [6, 6.07) is 24.0. The molecule has 0 saturated heterocycles. The van der Waals surface area contributed by atoms with Crippen molar-refractivity contribution in [3.8, 4) is 11.5 Å². The Balaban J connectivity index is 1.54. The van der Waals surface area contributed by atoms with Crippen LogP contribution in [-0.4, -0.2) is 28.2 Å². The van der Waals surface area contributed by atoms with Gasteiger partial charge in [0.2, 0.25) is 5.16 Å². The van der Waals surface area contributed by atoms with Crippen LogP contribution < -0.4 is 9.47 Å². The van der Waals surface area contributed by atoms with Crippen molar-refractivity contribution < 1.29 is 9.47 Å². The number of aromatic nitrogens is 3. The van der Waals surface area contributed by atoms with Crippen LogP contribution >= 0.6 is 27.7 Å². The van der Waals surface area contributed by atoms with E-state index >= 15 is 0 Å². The third kappa shape index (κ3) is 6.03. The van der Waals surface area contributed by atoms with Crippen molar-refractivity contribution in [2.75, 3.05) is 7.11 Å². The van der Waals surface area contributed by atoms with Gasteiger partial charge >= 0.3 is 0 Å². The fourth-order valence-electron chi connectivity index (χ4n) is 3.09. The standard InChI is InChI=1S/C25H23BrN4O2S/c1-18-28-29-25(33-17-20-11-13-22(26)14-12-20)30(18)27-15-21-9-6-10-23(31-2)24(21)32-16-19-7-4-3-5-8-19/h3-15H,16-17H2,1-2H3/b27-15+. The van der Waals surface area contributed by atoms with Crippen molar-refractivity contribution in [3.63, 3.8) is 0 Å². The first kappa shape index (κ1) is 23.1. The van der Waals surface area contributed by atoms with Crippen LogP contribution in [-0.2, 0) is 12.4 Å². The lowest BCUT2D eigenvalue weighted by atomic mass is 10.2. The predicted octanol–water partition coefficient (Wildman–Crippen LogP) is 6.11. The van der Waals surface area contributed by atoms with Gasteiger partial charge in [0.15, 0.2) is 17.3 Å². The second kappa shape index (κ2) is 11.2. The van der Waals surface area contributed by atoms with Crippen LogP contribution in [0.1, 0.15) is 22.5 Å². The zero-order valence-corrected chi connectivity index (χ0v) is 20.7. The molecule has 0 aliphatic carbocycles. The summed E-state index contributed by atoms with van der Waals surface area (Å²) in [5.74, 6) is 2.77. The molecule has 6 nitrogen and oxygen atoms in total. The molecule has 168 valence electrons. The minimum Gasteiger partial charge on any atom is -0.493 e.